The Hall–Kier alpha value is -2.40. The van der Waals surface area contributed by atoms with Gasteiger partial charge >= 0.3 is 0 Å². The molecule has 0 bridgehead atoms. The van der Waals surface area contributed by atoms with Gasteiger partial charge in [0.2, 0.25) is 0 Å². The monoisotopic (exact) mass is 353 g/mol. The molecule has 3 rings (SSSR count). The molecule has 0 unspecified atom stereocenters. The van der Waals surface area contributed by atoms with Crippen LogP contribution in [0.15, 0.2) is 24.3 Å². The van der Waals surface area contributed by atoms with Crippen LogP contribution in [0.25, 0.3) is 0 Å². The summed E-state index contributed by atoms with van der Waals surface area (Å²) in [4.78, 5) is 32.4. The Morgan fingerprint density at radius 3 is 2.23 bits per heavy atom. The van der Waals surface area contributed by atoms with Crippen LogP contribution in [0.2, 0.25) is 0 Å². The number of piperazine rings is 1. The predicted molar refractivity (Wildman–Crippen MR) is 103 cm³/mol. The molecule has 1 aromatic carbocycles. The van der Waals surface area contributed by atoms with E-state index in [2.05, 4.69) is 9.88 Å². The molecule has 2 aromatic rings. The summed E-state index contributed by atoms with van der Waals surface area (Å²) in [7, 11) is 0. The summed E-state index contributed by atoms with van der Waals surface area (Å²) in [5.74, 6) is 0.219. The Morgan fingerprint density at radius 1 is 0.962 bits per heavy atom. The van der Waals surface area contributed by atoms with Crippen LogP contribution in [-0.4, -0.2) is 59.2 Å². The van der Waals surface area contributed by atoms with Crippen LogP contribution in [-0.2, 0) is 0 Å². The van der Waals surface area contributed by atoms with E-state index < -0.39 is 0 Å². The first-order chi connectivity index (χ1) is 12.3. The number of amides is 1. The summed E-state index contributed by atoms with van der Waals surface area (Å²) in [5.41, 5.74) is 5.79. The lowest BCUT2D eigenvalue weighted by Crippen LogP contribution is -2.49. The molecule has 1 saturated heterocycles. The van der Waals surface area contributed by atoms with Crippen molar-refractivity contribution in [3.8, 4) is 0 Å². The van der Waals surface area contributed by atoms with Gasteiger partial charge in [0.1, 0.15) is 0 Å². The number of benzene rings is 1. The van der Waals surface area contributed by atoms with E-state index >= 15 is 0 Å². The number of hydrogen-bond acceptors (Lipinski definition) is 3. The largest absolute Gasteiger partial charge is 0.362 e. The van der Waals surface area contributed by atoms with Gasteiger partial charge in [0.15, 0.2) is 5.78 Å². The number of ketones is 1. The highest BCUT2D eigenvalue weighted by Crippen LogP contribution is 2.15. The van der Waals surface area contributed by atoms with Gasteiger partial charge in [-0.2, -0.15) is 0 Å². The van der Waals surface area contributed by atoms with Crippen molar-refractivity contribution in [1.29, 1.82) is 0 Å². The summed E-state index contributed by atoms with van der Waals surface area (Å²) in [6, 6.07) is 7.78. The lowest BCUT2D eigenvalue weighted by molar-refractivity contribution is 0.0624. The number of nitrogens with one attached hydrogen (secondary N) is 1. The number of carbonyl (C=O) groups is 2. The average Bonchev–Trinajstić information content (AvgIpc) is 2.96. The number of nitrogens with zero attached hydrogens (tertiary/aromatic N) is 2. The SMILES string of the molecule is Cc1cc(C(=O)CN2CCN(C(=O)c3ccc(C)c(C)c3)CC2)c(C)[nH]1. The Labute approximate surface area is 155 Å². The zero-order chi connectivity index (χ0) is 18.8. The third kappa shape index (κ3) is 3.88. The molecule has 0 spiro atoms. The third-order valence-corrected chi connectivity index (χ3v) is 5.23. The molecule has 0 saturated carbocycles. The number of rotatable bonds is 4. The smallest absolute Gasteiger partial charge is 0.253 e. The Balaban J connectivity index is 1.57. The van der Waals surface area contributed by atoms with E-state index in [1.807, 2.05) is 56.9 Å². The average molecular weight is 353 g/mol. The lowest BCUT2D eigenvalue weighted by Gasteiger charge is -2.34. The van der Waals surface area contributed by atoms with E-state index in [1.165, 1.54) is 5.56 Å². The highest BCUT2D eigenvalue weighted by Gasteiger charge is 2.24. The fourth-order valence-electron chi connectivity index (χ4n) is 3.47. The quantitative estimate of drug-likeness (QED) is 0.860. The number of aromatic amines is 1. The highest BCUT2D eigenvalue weighted by molar-refractivity contribution is 5.99. The van der Waals surface area contributed by atoms with Gasteiger partial charge in [-0.05, 0) is 57.0 Å². The van der Waals surface area contributed by atoms with Gasteiger partial charge < -0.3 is 9.88 Å². The minimum Gasteiger partial charge on any atom is -0.362 e. The molecule has 0 radical (unpaired) electrons. The molecule has 1 amide bonds. The number of aromatic nitrogens is 1. The van der Waals surface area contributed by atoms with E-state index in [0.717, 1.165) is 41.2 Å². The molecule has 5 nitrogen and oxygen atoms in total. The Kier molecular flexibility index (Phi) is 5.28. The van der Waals surface area contributed by atoms with Gasteiger partial charge in [-0.15, -0.1) is 0 Å². The molecule has 26 heavy (non-hydrogen) atoms. The number of H-pyrrole nitrogens is 1. The molecule has 0 atom stereocenters. The maximum Gasteiger partial charge on any atom is 0.253 e. The fraction of sp³-hybridized carbons (Fsp3) is 0.429. The molecular weight excluding hydrogens is 326 g/mol. The third-order valence-electron chi connectivity index (χ3n) is 5.23. The second kappa shape index (κ2) is 7.46. The maximum atomic E-state index is 12.7. The van der Waals surface area contributed by atoms with Gasteiger partial charge in [0.05, 0.1) is 6.54 Å². The van der Waals surface area contributed by atoms with Crippen molar-refractivity contribution in [3.05, 3.63) is 57.9 Å². The van der Waals surface area contributed by atoms with Crippen molar-refractivity contribution in [2.45, 2.75) is 27.7 Å². The van der Waals surface area contributed by atoms with Gasteiger partial charge in [0, 0.05) is 48.7 Å². The molecule has 1 N–H and O–H groups in total. The van der Waals surface area contributed by atoms with Crippen molar-refractivity contribution in [1.82, 2.24) is 14.8 Å². The molecule has 1 aliphatic heterocycles. The molecule has 2 heterocycles. The van der Waals surface area contributed by atoms with E-state index in [0.29, 0.717) is 19.6 Å². The molecule has 1 fully saturated rings. The summed E-state index contributed by atoms with van der Waals surface area (Å²) < 4.78 is 0. The van der Waals surface area contributed by atoms with Crippen molar-refractivity contribution in [2.75, 3.05) is 32.7 Å². The van der Waals surface area contributed by atoms with Crippen LogP contribution in [0.1, 0.15) is 43.2 Å². The van der Waals surface area contributed by atoms with E-state index in [-0.39, 0.29) is 11.7 Å². The number of Topliss-reactive ketones (excluding diaryl/α,β-unsaturated/α-hetero) is 1. The summed E-state index contributed by atoms with van der Waals surface area (Å²) in [6.07, 6.45) is 0. The van der Waals surface area contributed by atoms with E-state index in [4.69, 9.17) is 0 Å². The molecule has 0 aliphatic carbocycles. The van der Waals surface area contributed by atoms with E-state index in [9.17, 15) is 9.59 Å². The zero-order valence-electron chi connectivity index (χ0n) is 16.1. The van der Waals surface area contributed by atoms with Gasteiger partial charge in [-0.3, -0.25) is 14.5 Å². The van der Waals surface area contributed by atoms with Gasteiger partial charge in [-0.25, -0.2) is 0 Å². The summed E-state index contributed by atoms with van der Waals surface area (Å²) >= 11 is 0. The van der Waals surface area contributed by atoms with Crippen LogP contribution in [0, 0.1) is 27.7 Å². The molecule has 1 aromatic heterocycles. The van der Waals surface area contributed by atoms with Crippen LogP contribution in [0.3, 0.4) is 0 Å². The molecular formula is C21H27N3O2. The second-order valence-electron chi connectivity index (χ2n) is 7.28. The first kappa shape index (κ1) is 18.4. The van der Waals surface area contributed by atoms with Crippen molar-refractivity contribution >= 4 is 11.7 Å². The Bertz CT molecular complexity index is 830. The van der Waals surface area contributed by atoms with Gasteiger partial charge in [-0.1, -0.05) is 6.07 Å². The Morgan fingerprint density at radius 2 is 1.65 bits per heavy atom. The van der Waals surface area contributed by atoms with Crippen LogP contribution >= 0.6 is 0 Å². The standard InChI is InChI=1S/C21H27N3O2/c1-14-5-6-18(11-15(14)2)21(26)24-9-7-23(8-10-24)13-20(25)19-12-16(3)22-17(19)4/h5-6,11-12,22H,7-10,13H2,1-4H3. The predicted octanol–water partition coefficient (Wildman–Crippen LogP) is 2.89. The molecule has 138 valence electrons. The topological polar surface area (TPSA) is 56.4 Å². The van der Waals surface area contributed by atoms with Crippen LogP contribution < -0.4 is 0 Å². The zero-order valence-corrected chi connectivity index (χ0v) is 16.1. The van der Waals surface area contributed by atoms with Crippen molar-refractivity contribution < 1.29 is 9.59 Å². The first-order valence-corrected chi connectivity index (χ1v) is 9.13. The molecule has 5 heteroatoms. The maximum absolute atomic E-state index is 12.7. The highest BCUT2D eigenvalue weighted by atomic mass is 16.2. The minimum atomic E-state index is 0.0798. The second-order valence-corrected chi connectivity index (χ2v) is 7.28. The number of carbonyl (C=O) groups excluding carboxylic acids is 2. The fourth-order valence-corrected chi connectivity index (χ4v) is 3.47. The number of aryl methyl sites for hydroxylation is 4. The summed E-state index contributed by atoms with van der Waals surface area (Å²) in [6.45, 7) is 11.1. The van der Waals surface area contributed by atoms with Crippen LogP contribution in [0.4, 0.5) is 0 Å². The van der Waals surface area contributed by atoms with Crippen molar-refractivity contribution in [2.24, 2.45) is 0 Å². The van der Waals surface area contributed by atoms with Crippen molar-refractivity contribution in [3.63, 3.8) is 0 Å². The minimum absolute atomic E-state index is 0.0798. The first-order valence-electron chi connectivity index (χ1n) is 9.13. The molecule has 1 aliphatic rings. The van der Waals surface area contributed by atoms with E-state index in [1.54, 1.807) is 0 Å². The van der Waals surface area contributed by atoms with Gasteiger partial charge in [0.25, 0.3) is 5.91 Å². The number of hydrogen-bond donors (Lipinski definition) is 1. The van der Waals surface area contributed by atoms with Crippen LogP contribution in [0.5, 0.6) is 0 Å². The summed E-state index contributed by atoms with van der Waals surface area (Å²) in [5, 5.41) is 0. The normalized spacial score (nSPS) is 15.3. The lowest BCUT2D eigenvalue weighted by atomic mass is 10.1.